The van der Waals surface area contributed by atoms with Crippen molar-refractivity contribution in [2.24, 2.45) is 5.92 Å². The number of carbonyl (C=O) groups is 2. The summed E-state index contributed by atoms with van der Waals surface area (Å²) in [4.78, 5) is 53.5. The number of H-pyrrole nitrogens is 1. The molecule has 1 heterocycles. The molecule has 0 aliphatic rings. The minimum Gasteiger partial charge on any atom is -0.383 e. The summed E-state index contributed by atoms with van der Waals surface area (Å²) in [6.45, 7) is 5.59. The zero-order valence-corrected chi connectivity index (χ0v) is 19.5. The quantitative estimate of drug-likeness (QED) is 0.418. The molecule has 3 aromatic rings. The number of nitrogens with zero attached hydrogens (tertiary/aromatic N) is 2. The first-order chi connectivity index (χ1) is 16.2. The van der Waals surface area contributed by atoms with Gasteiger partial charge in [-0.2, -0.15) is 0 Å². The van der Waals surface area contributed by atoms with E-state index in [9.17, 15) is 19.2 Å². The number of carbonyl (C=O) groups excluding carboxylic acids is 2. The summed E-state index contributed by atoms with van der Waals surface area (Å²) in [5.41, 5.74) is 6.93. The number of anilines is 3. The number of nitrogens with one attached hydrogen (secondary N) is 2. The topological polar surface area (TPSA) is 130 Å². The number of benzene rings is 2. The SMILES string of the molecule is CC(=O)c1ccc(NCC(=O)N(CC(C)C)c2c(N)n(Cc3ccccc3)c(=O)[nH]c2=O)cc1. The first-order valence-electron chi connectivity index (χ1n) is 11.0. The fourth-order valence-electron chi connectivity index (χ4n) is 3.54. The monoisotopic (exact) mass is 463 g/mol. The number of Topliss-reactive ketones (excluding diaryl/α,β-unsaturated/α-hetero) is 1. The van der Waals surface area contributed by atoms with Crippen LogP contribution in [0.2, 0.25) is 0 Å². The molecule has 9 heteroatoms. The Morgan fingerprint density at radius 2 is 1.71 bits per heavy atom. The van der Waals surface area contributed by atoms with Crippen molar-refractivity contribution in [3.05, 3.63) is 86.6 Å². The van der Waals surface area contributed by atoms with E-state index in [1.54, 1.807) is 24.3 Å². The van der Waals surface area contributed by atoms with Crippen LogP contribution in [0.25, 0.3) is 0 Å². The Morgan fingerprint density at radius 3 is 2.29 bits per heavy atom. The second kappa shape index (κ2) is 10.7. The average Bonchev–Trinajstić information content (AvgIpc) is 2.80. The normalized spacial score (nSPS) is 10.8. The van der Waals surface area contributed by atoms with Crippen molar-refractivity contribution in [2.45, 2.75) is 27.3 Å². The van der Waals surface area contributed by atoms with Crippen molar-refractivity contribution in [1.82, 2.24) is 9.55 Å². The maximum atomic E-state index is 13.2. The summed E-state index contributed by atoms with van der Waals surface area (Å²) in [6, 6.07) is 16.0. The smallest absolute Gasteiger partial charge is 0.330 e. The van der Waals surface area contributed by atoms with E-state index in [0.29, 0.717) is 11.3 Å². The van der Waals surface area contributed by atoms with E-state index < -0.39 is 11.2 Å². The molecule has 9 nitrogen and oxygen atoms in total. The number of hydrogen-bond acceptors (Lipinski definition) is 6. The molecule has 0 aliphatic carbocycles. The number of aromatic amines is 1. The molecule has 0 atom stereocenters. The largest absolute Gasteiger partial charge is 0.383 e. The van der Waals surface area contributed by atoms with Crippen LogP contribution in [-0.4, -0.2) is 34.3 Å². The average molecular weight is 464 g/mol. The third kappa shape index (κ3) is 5.80. The molecule has 1 amide bonds. The van der Waals surface area contributed by atoms with Gasteiger partial charge in [0.05, 0.1) is 13.1 Å². The number of amides is 1. The number of nitrogens with two attached hydrogens (primary N) is 1. The predicted octanol–water partition coefficient (Wildman–Crippen LogP) is 2.47. The fourth-order valence-corrected chi connectivity index (χ4v) is 3.54. The summed E-state index contributed by atoms with van der Waals surface area (Å²) in [7, 11) is 0. The number of aromatic nitrogens is 2. The highest BCUT2D eigenvalue weighted by Gasteiger charge is 2.25. The Bertz CT molecular complexity index is 1280. The third-order valence-electron chi connectivity index (χ3n) is 5.25. The molecular formula is C25H29N5O4. The molecule has 0 radical (unpaired) electrons. The summed E-state index contributed by atoms with van der Waals surface area (Å²) >= 11 is 0. The van der Waals surface area contributed by atoms with Gasteiger partial charge >= 0.3 is 5.69 Å². The molecule has 0 fully saturated rings. The van der Waals surface area contributed by atoms with Crippen molar-refractivity contribution in [1.29, 1.82) is 0 Å². The van der Waals surface area contributed by atoms with Crippen molar-refractivity contribution in [3.8, 4) is 0 Å². The maximum Gasteiger partial charge on any atom is 0.330 e. The third-order valence-corrected chi connectivity index (χ3v) is 5.25. The van der Waals surface area contributed by atoms with Crippen molar-refractivity contribution < 1.29 is 9.59 Å². The van der Waals surface area contributed by atoms with Gasteiger partial charge < -0.3 is 16.0 Å². The van der Waals surface area contributed by atoms with Crippen LogP contribution in [0.4, 0.5) is 17.2 Å². The lowest BCUT2D eigenvalue weighted by molar-refractivity contribution is -0.117. The van der Waals surface area contributed by atoms with Gasteiger partial charge in [0.15, 0.2) is 11.5 Å². The molecule has 1 aromatic heterocycles. The van der Waals surface area contributed by atoms with Gasteiger partial charge in [0.1, 0.15) is 5.82 Å². The molecule has 0 saturated carbocycles. The van der Waals surface area contributed by atoms with E-state index in [1.807, 2.05) is 44.2 Å². The molecule has 0 bridgehead atoms. The van der Waals surface area contributed by atoms with Crippen LogP contribution in [0.3, 0.4) is 0 Å². The number of nitrogen functional groups attached to an aromatic ring is 1. The zero-order chi connectivity index (χ0) is 24.8. The molecule has 34 heavy (non-hydrogen) atoms. The summed E-state index contributed by atoms with van der Waals surface area (Å²) in [5, 5.41) is 3.01. The van der Waals surface area contributed by atoms with Gasteiger partial charge in [-0.3, -0.25) is 23.9 Å². The molecule has 3 rings (SSSR count). The molecule has 0 saturated heterocycles. The van der Waals surface area contributed by atoms with E-state index >= 15 is 0 Å². The van der Waals surface area contributed by atoms with Gasteiger partial charge in [-0.15, -0.1) is 0 Å². The van der Waals surface area contributed by atoms with Crippen LogP contribution in [0.5, 0.6) is 0 Å². The molecule has 0 unspecified atom stereocenters. The van der Waals surface area contributed by atoms with Gasteiger partial charge in [0.2, 0.25) is 5.91 Å². The first kappa shape index (κ1) is 24.5. The number of ketones is 1. The van der Waals surface area contributed by atoms with Crippen molar-refractivity contribution in [3.63, 3.8) is 0 Å². The van der Waals surface area contributed by atoms with Crippen molar-refractivity contribution >= 4 is 28.9 Å². The standard InChI is InChI=1S/C25H29N5O4/c1-16(2)14-29(21(32)13-27-20-11-9-19(10-12-20)17(3)31)22-23(26)30(25(34)28-24(22)33)15-18-7-5-4-6-8-18/h4-12,16,27H,13-15,26H2,1-3H3,(H,28,33,34). The number of rotatable bonds is 9. The van der Waals surface area contributed by atoms with E-state index in [2.05, 4.69) is 10.3 Å². The van der Waals surface area contributed by atoms with Crippen LogP contribution in [0.15, 0.2) is 64.2 Å². The first-order valence-corrected chi connectivity index (χ1v) is 11.0. The van der Waals surface area contributed by atoms with E-state index in [0.717, 1.165) is 5.56 Å². The highest BCUT2D eigenvalue weighted by molar-refractivity contribution is 5.98. The van der Waals surface area contributed by atoms with Gasteiger partial charge in [0.25, 0.3) is 5.56 Å². The Hall–Kier alpha value is -4.14. The Balaban J connectivity index is 1.91. The molecule has 4 N–H and O–H groups in total. The molecule has 0 spiro atoms. The van der Waals surface area contributed by atoms with Gasteiger partial charge in [-0.25, -0.2) is 4.79 Å². The fraction of sp³-hybridized carbons (Fsp3) is 0.280. The maximum absolute atomic E-state index is 13.2. The molecule has 178 valence electrons. The Morgan fingerprint density at radius 1 is 1.06 bits per heavy atom. The number of hydrogen-bond donors (Lipinski definition) is 3. The lowest BCUT2D eigenvalue weighted by Gasteiger charge is -2.26. The van der Waals surface area contributed by atoms with Crippen LogP contribution in [0, 0.1) is 5.92 Å². The van der Waals surface area contributed by atoms with Gasteiger partial charge in [0, 0.05) is 17.8 Å². The van der Waals surface area contributed by atoms with E-state index in [4.69, 9.17) is 5.73 Å². The van der Waals surface area contributed by atoms with Crippen molar-refractivity contribution in [2.75, 3.05) is 29.0 Å². The van der Waals surface area contributed by atoms with Crippen LogP contribution in [0.1, 0.15) is 36.7 Å². The zero-order valence-electron chi connectivity index (χ0n) is 19.5. The lowest BCUT2D eigenvalue weighted by Crippen LogP contribution is -2.44. The van der Waals surface area contributed by atoms with E-state index in [1.165, 1.54) is 16.4 Å². The summed E-state index contributed by atoms with van der Waals surface area (Å²) in [5.74, 6) is -0.470. The summed E-state index contributed by atoms with van der Waals surface area (Å²) < 4.78 is 1.25. The second-order valence-corrected chi connectivity index (χ2v) is 8.45. The van der Waals surface area contributed by atoms with Gasteiger partial charge in [-0.05, 0) is 42.7 Å². The van der Waals surface area contributed by atoms with E-state index in [-0.39, 0.29) is 48.7 Å². The molecule has 0 aliphatic heterocycles. The molecule has 2 aromatic carbocycles. The summed E-state index contributed by atoms with van der Waals surface area (Å²) in [6.07, 6.45) is 0. The Kier molecular flexibility index (Phi) is 7.68. The minimum absolute atomic E-state index is 0.0344. The van der Waals surface area contributed by atoms with Crippen LogP contribution < -0.4 is 27.2 Å². The Labute approximate surface area is 197 Å². The minimum atomic E-state index is -0.716. The highest BCUT2D eigenvalue weighted by Crippen LogP contribution is 2.20. The highest BCUT2D eigenvalue weighted by atomic mass is 16.2. The van der Waals surface area contributed by atoms with Crippen LogP contribution in [-0.2, 0) is 11.3 Å². The second-order valence-electron chi connectivity index (χ2n) is 8.45. The van der Waals surface area contributed by atoms with Gasteiger partial charge in [-0.1, -0.05) is 44.2 Å². The molecular weight excluding hydrogens is 434 g/mol. The predicted molar refractivity (Wildman–Crippen MR) is 133 cm³/mol. The van der Waals surface area contributed by atoms with Crippen LogP contribution >= 0.6 is 0 Å². The lowest BCUT2D eigenvalue weighted by atomic mass is 10.1.